The molecule has 1 aliphatic heterocycles. The summed E-state index contributed by atoms with van der Waals surface area (Å²) in [7, 11) is 0. The number of nitro groups is 1. The molecule has 0 unspecified atom stereocenters. The quantitative estimate of drug-likeness (QED) is 0.472. The Labute approximate surface area is 132 Å². The largest absolute Gasteiger partial charge is 0.418 e. The van der Waals surface area contributed by atoms with Crippen LogP contribution in [0.5, 0.6) is 0 Å². The summed E-state index contributed by atoms with van der Waals surface area (Å²) in [6.45, 7) is -0.796. The van der Waals surface area contributed by atoms with Gasteiger partial charge in [-0.2, -0.15) is 13.2 Å². The smallest absolute Gasteiger partial charge is 0.395 e. The van der Waals surface area contributed by atoms with Gasteiger partial charge >= 0.3 is 6.18 Å². The molecule has 2 rings (SSSR count). The number of nitrogens with zero attached hydrogens (tertiary/aromatic N) is 2. The van der Waals surface area contributed by atoms with E-state index >= 15 is 0 Å². The number of imide groups is 1. The number of rotatable bonds is 5. The normalized spacial score (nSPS) is 14.8. The number of β-amino-alcohol motifs (C(OH)–C–C–N with tert-alkyl or cyclic N) is 1. The second-order valence-corrected chi connectivity index (χ2v) is 4.69. The van der Waals surface area contributed by atoms with Crippen molar-refractivity contribution in [1.82, 2.24) is 4.90 Å². The standard InChI is InChI=1S/C13H10F3N3O5/c14-13(15,16)8-5-7(19(23)24)1-2-9(8)17-10-6-11(21)18(3-4-20)12(10)22/h1-2,5-6,17,20H,3-4H2. The van der Waals surface area contributed by atoms with Gasteiger partial charge in [0, 0.05) is 18.2 Å². The van der Waals surface area contributed by atoms with Gasteiger partial charge in [-0.1, -0.05) is 0 Å². The fourth-order valence-electron chi connectivity index (χ4n) is 2.04. The lowest BCUT2D eigenvalue weighted by atomic mass is 10.1. The zero-order valence-electron chi connectivity index (χ0n) is 11.8. The Morgan fingerprint density at radius 1 is 1.29 bits per heavy atom. The monoisotopic (exact) mass is 345 g/mol. The maximum Gasteiger partial charge on any atom is 0.418 e. The molecule has 0 saturated carbocycles. The molecule has 11 heteroatoms. The minimum atomic E-state index is -4.91. The molecular weight excluding hydrogens is 335 g/mol. The van der Waals surface area contributed by atoms with E-state index in [1.165, 1.54) is 0 Å². The number of nitrogens with one attached hydrogen (secondary N) is 1. The molecule has 8 nitrogen and oxygen atoms in total. The van der Waals surface area contributed by atoms with Crippen molar-refractivity contribution in [3.05, 3.63) is 45.6 Å². The third kappa shape index (κ3) is 3.35. The Morgan fingerprint density at radius 3 is 2.50 bits per heavy atom. The lowest BCUT2D eigenvalue weighted by molar-refractivity contribution is -0.385. The maximum absolute atomic E-state index is 13.1. The molecule has 1 aromatic carbocycles. The van der Waals surface area contributed by atoms with Crippen molar-refractivity contribution in [3.63, 3.8) is 0 Å². The average Bonchev–Trinajstić information content (AvgIpc) is 2.74. The molecule has 0 bridgehead atoms. The topological polar surface area (TPSA) is 113 Å². The van der Waals surface area contributed by atoms with Crippen LogP contribution < -0.4 is 5.32 Å². The lowest BCUT2D eigenvalue weighted by Gasteiger charge is -2.16. The summed E-state index contributed by atoms with van der Waals surface area (Å²) in [6.07, 6.45) is -4.12. The molecule has 0 atom stereocenters. The number of hydrogen-bond donors (Lipinski definition) is 2. The minimum absolute atomic E-state index is 0.300. The summed E-state index contributed by atoms with van der Waals surface area (Å²) in [5.74, 6) is -1.69. The van der Waals surface area contributed by atoms with E-state index in [0.29, 0.717) is 11.0 Å². The van der Waals surface area contributed by atoms with Gasteiger partial charge in [-0.25, -0.2) is 0 Å². The van der Waals surface area contributed by atoms with Crippen LogP contribution in [0.1, 0.15) is 5.56 Å². The van der Waals surface area contributed by atoms with Gasteiger partial charge in [0.2, 0.25) is 0 Å². The first-order chi connectivity index (χ1) is 11.1. The van der Waals surface area contributed by atoms with E-state index in [0.717, 1.165) is 18.2 Å². The maximum atomic E-state index is 13.1. The van der Waals surface area contributed by atoms with Crippen molar-refractivity contribution < 1.29 is 32.8 Å². The number of aliphatic hydroxyl groups is 1. The van der Waals surface area contributed by atoms with E-state index in [1.54, 1.807) is 0 Å². The summed E-state index contributed by atoms with van der Waals surface area (Å²) < 4.78 is 39.2. The van der Waals surface area contributed by atoms with Crippen molar-refractivity contribution in [2.45, 2.75) is 6.18 Å². The molecule has 0 aliphatic carbocycles. The van der Waals surface area contributed by atoms with Gasteiger partial charge in [0.1, 0.15) is 5.70 Å². The Morgan fingerprint density at radius 2 is 1.96 bits per heavy atom. The van der Waals surface area contributed by atoms with Gasteiger partial charge in [-0.3, -0.25) is 24.6 Å². The minimum Gasteiger partial charge on any atom is -0.395 e. The highest BCUT2D eigenvalue weighted by molar-refractivity contribution is 6.17. The third-order valence-electron chi connectivity index (χ3n) is 3.12. The van der Waals surface area contributed by atoms with Gasteiger partial charge in [0.05, 0.1) is 29.3 Å². The average molecular weight is 345 g/mol. The van der Waals surface area contributed by atoms with Crippen LogP contribution in [0, 0.1) is 10.1 Å². The van der Waals surface area contributed by atoms with Crippen molar-refractivity contribution in [1.29, 1.82) is 0 Å². The second-order valence-electron chi connectivity index (χ2n) is 4.69. The van der Waals surface area contributed by atoms with Crippen LogP contribution in [-0.2, 0) is 15.8 Å². The number of carbonyl (C=O) groups excluding carboxylic acids is 2. The first-order valence-corrected chi connectivity index (χ1v) is 6.46. The second kappa shape index (κ2) is 6.28. The van der Waals surface area contributed by atoms with E-state index in [1.807, 2.05) is 0 Å². The highest BCUT2D eigenvalue weighted by Crippen LogP contribution is 2.37. The van der Waals surface area contributed by atoms with E-state index in [9.17, 15) is 32.9 Å². The van der Waals surface area contributed by atoms with E-state index in [-0.39, 0.29) is 6.54 Å². The summed E-state index contributed by atoms with van der Waals surface area (Å²) in [5.41, 5.74) is -3.14. The number of hydrogen-bond acceptors (Lipinski definition) is 6. The lowest BCUT2D eigenvalue weighted by Crippen LogP contribution is -2.34. The Kier molecular flexibility index (Phi) is 4.55. The molecule has 1 aliphatic rings. The number of non-ortho nitro benzene ring substituents is 1. The van der Waals surface area contributed by atoms with E-state index in [2.05, 4.69) is 5.32 Å². The number of halogens is 3. The van der Waals surface area contributed by atoms with Crippen LogP contribution >= 0.6 is 0 Å². The van der Waals surface area contributed by atoms with Crippen LogP contribution in [0.25, 0.3) is 0 Å². The molecular formula is C13H10F3N3O5. The molecule has 0 aromatic heterocycles. The fraction of sp³-hybridized carbons (Fsp3) is 0.231. The third-order valence-corrected chi connectivity index (χ3v) is 3.12. The molecule has 2 amide bonds. The number of amides is 2. The number of nitro benzene ring substituents is 1. The van der Waals surface area contributed by atoms with E-state index in [4.69, 9.17) is 5.11 Å². The number of anilines is 1. The molecule has 0 fully saturated rings. The van der Waals surface area contributed by atoms with Crippen LogP contribution in [-0.4, -0.2) is 39.9 Å². The zero-order chi connectivity index (χ0) is 18.1. The van der Waals surface area contributed by atoms with Gasteiger partial charge in [0.25, 0.3) is 17.5 Å². The summed E-state index contributed by atoms with van der Waals surface area (Å²) in [6, 6.07) is 1.97. The van der Waals surface area contributed by atoms with Crippen molar-refractivity contribution in [3.8, 4) is 0 Å². The van der Waals surface area contributed by atoms with Crippen LogP contribution in [0.2, 0.25) is 0 Å². The highest BCUT2D eigenvalue weighted by Gasteiger charge is 2.37. The van der Waals surface area contributed by atoms with Crippen LogP contribution in [0.4, 0.5) is 24.5 Å². The highest BCUT2D eigenvalue weighted by atomic mass is 19.4. The zero-order valence-corrected chi connectivity index (χ0v) is 11.8. The fourth-order valence-corrected chi connectivity index (χ4v) is 2.04. The van der Waals surface area contributed by atoms with E-state index < -0.39 is 52.2 Å². The van der Waals surface area contributed by atoms with Gasteiger partial charge in [-0.05, 0) is 6.07 Å². The molecule has 24 heavy (non-hydrogen) atoms. The Hall–Kier alpha value is -2.95. The van der Waals surface area contributed by atoms with Gasteiger partial charge in [-0.15, -0.1) is 0 Å². The first kappa shape index (κ1) is 17.4. The predicted molar refractivity (Wildman–Crippen MR) is 73.6 cm³/mol. The molecule has 0 spiro atoms. The number of benzene rings is 1. The van der Waals surface area contributed by atoms with Gasteiger partial charge in [0.15, 0.2) is 0 Å². The molecule has 0 saturated heterocycles. The van der Waals surface area contributed by atoms with Crippen molar-refractivity contribution in [2.75, 3.05) is 18.5 Å². The Bertz CT molecular complexity index is 745. The SMILES string of the molecule is O=C1C=C(Nc2ccc([N+](=O)[O-])cc2C(F)(F)F)C(=O)N1CCO. The van der Waals surface area contributed by atoms with Crippen molar-refractivity contribution >= 4 is 23.2 Å². The number of alkyl halides is 3. The number of carbonyl (C=O) groups is 2. The predicted octanol–water partition coefficient (Wildman–Crippen LogP) is 1.27. The first-order valence-electron chi connectivity index (χ1n) is 6.46. The summed E-state index contributed by atoms with van der Waals surface area (Å²) in [5, 5.41) is 21.6. The molecule has 1 heterocycles. The van der Waals surface area contributed by atoms with Crippen LogP contribution in [0.3, 0.4) is 0 Å². The summed E-state index contributed by atoms with van der Waals surface area (Å²) in [4.78, 5) is 33.8. The molecule has 128 valence electrons. The molecule has 0 radical (unpaired) electrons. The van der Waals surface area contributed by atoms with Gasteiger partial charge < -0.3 is 10.4 Å². The van der Waals surface area contributed by atoms with Crippen molar-refractivity contribution in [2.24, 2.45) is 0 Å². The van der Waals surface area contributed by atoms with Crippen LogP contribution in [0.15, 0.2) is 30.0 Å². The summed E-state index contributed by atoms with van der Waals surface area (Å²) >= 11 is 0. The number of aliphatic hydroxyl groups excluding tert-OH is 1. The Balaban J connectivity index is 2.37. The molecule has 2 N–H and O–H groups in total. The molecule has 1 aromatic rings.